The lowest BCUT2D eigenvalue weighted by molar-refractivity contribution is -0.129. The molecule has 0 radical (unpaired) electrons. The number of aliphatic hydroxyl groups is 1. The minimum absolute atomic E-state index is 0.0240. The van der Waals surface area contributed by atoms with Gasteiger partial charge >= 0.3 is 0 Å². The average molecular weight is 369 g/mol. The van der Waals surface area contributed by atoms with Crippen LogP contribution in [0.15, 0.2) is 58.4 Å². The maximum absolute atomic E-state index is 13.0. The number of carbonyl (C=O) groups excluding carboxylic acids is 2. The van der Waals surface area contributed by atoms with Gasteiger partial charge in [-0.2, -0.15) is 0 Å². The minimum atomic E-state index is -0.719. The van der Waals surface area contributed by atoms with E-state index in [1.807, 2.05) is 12.1 Å². The number of carbonyl (C=O) groups is 2. The molecule has 1 aliphatic heterocycles. The number of nitrogens with zero attached hydrogens (tertiary/aromatic N) is 1. The first-order valence-electron chi connectivity index (χ1n) is 9.05. The predicted molar refractivity (Wildman–Crippen MR) is 99.7 cm³/mol. The summed E-state index contributed by atoms with van der Waals surface area (Å²) in [5, 5.41) is 10.5. The van der Waals surface area contributed by atoms with Crippen LogP contribution in [0.3, 0.4) is 0 Å². The predicted octanol–water partition coefficient (Wildman–Crippen LogP) is 4.06. The summed E-state index contributed by atoms with van der Waals surface area (Å²) < 4.78 is 10.7. The number of hydrogen-bond donors (Lipinski definition) is 1. The summed E-state index contributed by atoms with van der Waals surface area (Å²) in [5.41, 5.74) is 0.680. The van der Waals surface area contributed by atoms with Crippen molar-refractivity contribution in [3.8, 4) is 5.75 Å². The summed E-state index contributed by atoms with van der Waals surface area (Å²) >= 11 is 0. The Bertz CT molecular complexity index is 853. The third-order valence-electron chi connectivity index (χ3n) is 4.73. The average Bonchev–Trinajstić information content (AvgIpc) is 3.30. The van der Waals surface area contributed by atoms with Crippen molar-refractivity contribution < 1.29 is 23.8 Å². The first-order chi connectivity index (χ1) is 13.1. The van der Waals surface area contributed by atoms with E-state index < -0.39 is 23.5 Å². The number of amides is 1. The first-order valence-corrected chi connectivity index (χ1v) is 9.05. The molecule has 1 aromatic heterocycles. The van der Waals surface area contributed by atoms with Crippen LogP contribution in [0.2, 0.25) is 0 Å². The molecule has 27 heavy (non-hydrogen) atoms. The Balaban J connectivity index is 2.08. The molecule has 0 saturated carbocycles. The van der Waals surface area contributed by atoms with E-state index in [-0.39, 0.29) is 11.3 Å². The normalized spacial score (nSPS) is 16.9. The highest BCUT2D eigenvalue weighted by atomic mass is 16.5. The molecule has 1 N–H and O–H groups in total. The summed E-state index contributed by atoms with van der Waals surface area (Å²) in [6.45, 7) is 2.51. The van der Waals surface area contributed by atoms with Crippen molar-refractivity contribution in [3.63, 3.8) is 0 Å². The molecule has 0 spiro atoms. The standard InChI is InChI=1S/C21H23NO5/c1-3-4-7-12-22-18(14-9-5-6-10-15(14)26-2)17(20(24)21(22)25)19(23)16-11-8-13-27-16/h5-6,8-11,13,18,24H,3-4,7,12H2,1-2H3. The molecule has 0 aliphatic carbocycles. The number of hydrogen-bond acceptors (Lipinski definition) is 5. The van der Waals surface area contributed by atoms with Gasteiger partial charge in [0.25, 0.3) is 5.91 Å². The number of Topliss-reactive ketones (excluding diaryl/α,β-unsaturated/α-hetero) is 1. The SMILES string of the molecule is CCCCCN1C(=O)C(O)=C(C(=O)c2ccco2)C1c1ccccc1OC. The van der Waals surface area contributed by atoms with Crippen molar-refractivity contribution in [1.29, 1.82) is 0 Å². The van der Waals surface area contributed by atoms with Crippen molar-refractivity contribution in [2.45, 2.75) is 32.2 Å². The summed E-state index contributed by atoms with van der Waals surface area (Å²) in [7, 11) is 1.54. The van der Waals surface area contributed by atoms with Gasteiger partial charge in [-0.1, -0.05) is 38.0 Å². The van der Waals surface area contributed by atoms with Crippen LogP contribution in [0, 0.1) is 0 Å². The molecule has 1 aromatic carbocycles. The van der Waals surface area contributed by atoms with Crippen molar-refractivity contribution in [2.75, 3.05) is 13.7 Å². The Morgan fingerprint density at radius 1 is 1.22 bits per heavy atom. The Morgan fingerprint density at radius 3 is 2.67 bits per heavy atom. The molecule has 142 valence electrons. The van der Waals surface area contributed by atoms with Gasteiger partial charge in [-0.05, 0) is 24.6 Å². The number of unbranched alkanes of at least 4 members (excludes halogenated alkanes) is 2. The highest BCUT2D eigenvalue weighted by molar-refractivity contribution is 6.15. The van der Waals surface area contributed by atoms with Gasteiger partial charge in [0, 0.05) is 12.1 Å². The van der Waals surface area contributed by atoms with E-state index in [0.29, 0.717) is 17.9 Å². The Kier molecular flexibility index (Phi) is 5.64. The summed E-state index contributed by atoms with van der Waals surface area (Å²) in [6.07, 6.45) is 4.12. The van der Waals surface area contributed by atoms with Crippen LogP contribution in [0.1, 0.15) is 48.3 Å². The maximum atomic E-state index is 13.0. The number of ketones is 1. The molecule has 2 aromatic rings. The summed E-state index contributed by atoms with van der Waals surface area (Å²) in [4.78, 5) is 27.3. The lowest BCUT2D eigenvalue weighted by atomic mass is 9.94. The number of rotatable bonds is 8. The van der Waals surface area contributed by atoms with E-state index in [2.05, 4.69) is 6.92 Å². The monoisotopic (exact) mass is 369 g/mol. The molecular formula is C21H23NO5. The topological polar surface area (TPSA) is 80.0 Å². The van der Waals surface area contributed by atoms with E-state index in [1.54, 1.807) is 23.1 Å². The molecular weight excluding hydrogens is 346 g/mol. The van der Waals surface area contributed by atoms with Crippen LogP contribution >= 0.6 is 0 Å². The fourth-order valence-corrected chi connectivity index (χ4v) is 3.40. The molecule has 0 bridgehead atoms. The van der Waals surface area contributed by atoms with Crippen molar-refractivity contribution in [2.24, 2.45) is 0 Å². The molecule has 6 nitrogen and oxygen atoms in total. The highest BCUT2D eigenvalue weighted by Gasteiger charge is 2.45. The van der Waals surface area contributed by atoms with Crippen LogP contribution in [0.25, 0.3) is 0 Å². The van der Waals surface area contributed by atoms with Crippen LogP contribution in [0.4, 0.5) is 0 Å². The molecule has 0 saturated heterocycles. The van der Waals surface area contributed by atoms with Gasteiger partial charge < -0.3 is 19.2 Å². The molecule has 0 fully saturated rings. The van der Waals surface area contributed by atoms with E-state index in [0.717, 1.165) is 19.3 Å². The van der Waals surface area contributed by atoms with Crippen molar-refractivity contribution in [3.05, 3.63) is 65.3 Å². The van der Waals surface area contributed by atoms with Crippen molar-refractivity contribution >= 4 is 11.7 Å². The van der Waals surface area contributed by atoms with Gasteiger partial charge in [-0.25, -0.2) is 0 Å². The lowest BCUT2D eigenvalue weighted by Gasteiger charge is -2.27. The number of para-hydroxylation sites is 1. The second-order valence-corrected chi connectivity index (χ2v) is 6.42. The van der Waals surface area contributed by atoms with Gasteiger partial charge in [0.05, 0.1) is 25.0 Å². The second-order valence-electron chi connectivity index (χ2n) is 6.42. The van der Waals surface area contributed by atoms with E-state index in [9.17, 15) is 14.7 Å². The highest BCUT2D eigenvalue weighted by Crippen LogP contribution is 2.42. The summed E-state index contributed by atoms with van der Waals surface area (Å²) in [5.74, 6) is -0.935. The largest absolute Gasteiger partial charge is 0.503 e. The van der Waals surface area contributed by atoms with Crippen LogP contribution in [-0.4, -0.2) is 35.4 Å². The third-order valence-corrected chi connectivity index (χ3v) is 4.73. The van der Waals surface area contributed by atoms with Gasteiger partial charge in [0.1, 0.15) is 5.75 Å². The van der Waals surface area contributed by atoms with Gasteiger partial charge in [0.15, 0.2) is 11.5 Å². The molecule has 1 amide bonds. The van der Waals surface area contributed by atoms with E-state index >= 15 is 0 Å². The smallest absolute Gasteiger partial charge is 0.290 e. The number of methoxy groups -OCH3 is 1. The van der Waals surface area contributed by atoms with Crippen LogP contribution in [-0.2, 0) is 4.79 Å². The zero-order chi connectivity index (χ0) is 19.4. The Labute approximate surface area is 158 Å². The molecule has 2 heterocycles. The quantitative estimate of drug-likeness (QED) is 0.561. The Morgan fingerprint density at radius 2 is 2.00 bits per heavy atom. The van der Waals surface area contributed by atoms with Gasteiger partial charge in [-0.3, -0.25) is 9.59 Å². The lowest BCUT2D eigenvalue weighted by Crippen LogP contribution is -2.32. The van der Waals surface area contributed by atoms with E-state index in [4.69, 9.17) is 9.15 Å². The molecule has 6 heteroatoms. The number of benzene rings is 1. The van der Waals surface area contributed by atoms with Crippen LogP contribution < -0.4 is 4.74 Å². The van der Waals surface area contributed by atoms with Crippen molar-refractivity contribution in [1.82, 2.24) is 4.90 Å². The van der Waals surface area contributed by atoms with Gasteiger partial charge in [-0.15, -0.1) is 0 Å². The van der Waals surface area contributed by atoms with Crippen LogP contribution in [0.5, 0.6) is 5.75 Å². The molecule has 1 atom stereocenters. The zero-order valence-corrected chi connectivity index (χ0v) is 15.5. The molecule has 1 aliphatic rings. The fourth-order valence-electron chi connectivity index (χ4n) is 3.40. The maximum Gasteiger partial charge on any atom is 0.290 e. The Hall–Kier alpha value is -3.02. The third kappa shape index (κ3) is 3.47. The summed E-state index contributed by atoms with van der Waals surface area (Å²) in [6, 6.07) is 9.61. The van der Waals surface area contributed by atoms with E-state index in [1.165, 1.54) is 19.4 Å². The molecule has 3 rings (SSSR count). The number of furan rings is 1. The first kappa shape index (κ1) is 18.8. The second kappa shape index (κ2) is 8.12. The molecule has 1 unspecified atom stereocenters. The number of ether oxygens (including phenoxy) is 1. The van der Waals surface area contributed by atoms with Gasteiger partial charge in [0.2, 0.25) is 5.78 Å². The minimum Gasteiger partial charge on any atom is -0.503 e. The number of aliphatic hydroxyl groups excluding tert-OH is 1. The zero-order valence-electron chi connectivity index (χ0n) is 15.5. The fraction of sp³-hybridized carbons (Fsp3) is 0.333.